The Balaban J connectivity index is 1.61. The van der Waals surface area contributed by atoms with Crippen molar-refractivity contribution in [3.63, 3.8) is 0 Å². The van der Waals surface area contributed by atoms with Crippen LogP contribution in [0.15, 0.2) is 53.4 Å². The predicted octanol–water partition coefficient (Wildman–Crippen LogP) is 2.85. The van der Waals surface area contributed by atoms with Crippen LogP contribution >= 0.6 is 11.8 Å². The molecule has 8 heteroatoms. The van der Waals surface area contributed by atoms with Crippen LogP contribution in [0.5, 0.6) is 11.5 Å². The number of ether oxygens (including phenoxy) is 2. The summed E-state index contributed by atoms with van der Waals surface area (Å²) in [6.07, 6.45) is 2.03. The maximum Gasteiger partial charge on any atom is 0.322 e. The summed E-state index contributed by atoms with van der Waals surface area (Å²) in [5.74, 6) is 0.425. The molecule has 7 nitrogen and oxygen atoms in total. The van der Waals surface area contributed by atoms with Crippen molar-refractivity contribution in [2.24, 2.45) is 5.73 Å². The van der Waals surface area contributed by atoms with Crippen LogP contribution in [-0.2, 0) is 20.7 Å². The fourth-order valence-corrected chi connectivity index (χ4v) is 3.21. The molecule has 1 fully saturated rings. The first-order valence-electron chi connectivity index (χ1n) is 8.40. The maximum absolute atomic E-state index is 11.6. The number of nitrogens with one attached hydrogen (secondary N) is 1. The molecule has 144 valence electrons. The summed E-state index contributed by atoms with van der Waals surface area (Å²) in [5.41, 5.74) is 7.44. The van der Waals surface area contributed by atoms with Gasteiger partial charge < -0.3 is 15.2 Å². The summed E-state index contributed by atoms with van der Waals surface area (Å²) in [6.45, 7) is 0. The lowest BCUT2D eigenvalue weighted by Gasteiger charge is -2.10. The van der Waals surface area contributed by atoms with Crippen LogP contribution in [-0.4, -0.2) is 30.3 Å². The Hall–Kier alpha value is -3.10. The summed E-state index contributed by atoms with van der Waals surface area (Å²) < 4.78 is 10.4. The second-order valence-electron chi connectivity index (χ2n) is 6.00. The number of hydrogen-bond acceptors (Lipinski definition) is 7. The molecule has 1 atom stereocenters. The van der Waals surface area contributed by atoms with Gasteiger partial charge in [-0.2, -0.15) is 0 Å². The van der Waals surface area contributed by atoms with E-state index < -0.39 is 12.0 Å². The van der Waals surface area contributed by atoms with Gasteiger partial charge in [0.15, 0.2) is 0 Å². The van der Waals surface area contributed by atoms with Crippen molar-refractivity contribution in [3.05, 3.63) is 64.6 Å². The van der Waals surface area contributed by atoms with E-state index in [-0.39, 0.29) is 11.1 Å². The number of rotatable bonds is 6. The summed E-state index contributed by atoms with van der Waals surface area (Å²) in [5, 5.41) is 1.85. The molecule has 3 N–H and O–H groups in total. The zero-order chi connectivity index (χ0) is 20.1. The number of carbonyl (C=O) groups is 3. The van der Waals surface area contributed by atoms with E-state index in [0.29, 0.717) is 22.8 Å². The highest BCUT2D eigenvalue weighted by atomic mass is 32.2. The molecule has 3 rings (SSSR count). The summed E-state index contributed by atoms with van der Waals surface area (Å²) in [7, 11) is 1.31. The number of methoxy groups -OCH3 is 1. The van der Waals surface area contributed by atoms with Crippen molar-refractivity contribution in [2.75, 3.05) is 7.11 Å². The third kappa shape index (κ3) is 4.99. The molecule has 0 radical (unpaired) electrons. The highest BCUT2D eigenvalue weighted by Gasteiger charge is 2.24. The van der Waals surface area contributed by atoms with E-state index in [1.807, 2.05) is 12.1 Å². The van der Waals surface area contributed by atoms with Crippen LogP contribution < -0.4 is 15.8 Å². The van der Waals surface area contributed by atoms with Gasteiger partial charge in [0.25, 0.3) is 11.1 Å². The second kappa shape index (κ2) is 8.73. The molecule has 2 aromatic carbocycles. The topological polar surface area (TPSA) is 108 Å². The van der Waals surface area contributed by atoms with E-state index in [2.05, 4.69) is 10.1 Å². The van der Waals surface area contributed by atoms with E-state index in [4.69, 9.17) is 10.5 Å². The monoisotopic (exact) mass is 398 g/mol. The molecule has 1 heterocycles. The predicted molar refractivity (Wildman–Crippen MR) is 106 cm³/mol. The Morgan fingerprint density at radius 3 is 2.25 bits per heavy atom. The zero-order valence-corrected chi connectivity index (χ0v) is 15.8. The van der Waals surface area contributed by atoms with Crippen LogP contribution in [0, 0.1) is 0 Å². The van der Waals surface area contributed by atoms with Crippen molar-refractivity contribution in [3.8, 4) is 11.5 Å². The van der Waals surface area contributed by atoms with Gasteiger partial charge in [-0.15, -0.1) is 0 Å². The number of esters is 1. The first-order valence-corrected chi connectivity index (χ1v) is 9.21. The minimum absolute atomic E-state index is 0.361. The van der Waals surface area contributed by atoms with Crippen molar-refractivity contribution >= 4 is 35.0 Å². The van der Waals surface area contributed by atoms with Crippen molar-refractivity contribution < 1.29 is 23.9 Å². The quantitative estimate of drug-likeness (QED) is 0.569. The molecule has 28 heavy (non-hydrogen) atoms. The number of amides is 2. The lowest BCUT2D eigenvalue weighted by Crippen LogP contribution is -2.33. The van der Waals surface area contributed by atoms with E-state index >= 15 is 0 Å². The minimum atomic E-state index is -0.700. The fraction of sp³-hybridized carbons (Fsp3) is 0.150. The third-order valence-electron chi connectivity index (χ3n) is 3.94. The highest BCUT2D eigenvalue weighted by Crippen LogP contribution is 2.27. The van der Waals surface area contributed by atoms with Gasteiger partial charge in [-0.3, -0.25) is 19.7 Å². The van der Waals surface area contributed by atoms with E-state index in [1.54, 1.807) is 42.5 Å². The number of imide groups is 1. The molecule has 1 aliphatic heterocycles. The maximum atomic E-state index is 11.6. The molecule has 0 saturated carbocycles. The molecular weight excluding hydrogens is 380 g/mol. The molecule has 2 aromatic rings. The van der Waals surface area contributed by atoms with Crippen LogP contribution in [0.3, 0.4) is 0 Å². The van der Waals surface area contributed by atoms with Crippen LogP contribution in [0.4, 0.5) is 4.79 Å². The number of benzene rings is 2. The Morgan fingerprint density at radius 2 is 1.71 bits per heavy atom. The molecule has 1 aliphatic rings. The minimum Gasteiger partial charge on any atom is -0.468 e. The van der Waals surface area contributed by atoms with E-state index in [0.717, 1.165) is 22.9 Å². The molecule has 0 aliphatic carbocycles. The van der Waals surface area contributed by atoms with Gasteiger partial charge in [-0.1, -0.05) is 24.3 Å². The number of thioether (sulfide) groups is 1. The van der Waals surface area contributed by atoms with Gasteiger partial charge in [0, 0.05) is 0 Å². The molecule has 2 amide bonds. The lowest BCUT2D eigenvalue weighted by molar-refractivity contribution is -0.142. The van der Waals surface area contributed by atoms with Gasteiger partial charge >= 0.3 is 5.97 Å². The number of carbonyl (C=O) groups excluding carboxylic acids is 3. The largest absolute Gasteiger partial charge is 0.468 e. The normalized spacial score (nSPS) is 16.0. The Kier molecular flexibility index (Phi) is 6.13. The standard InChI is InChI=1S/C20H18N2O5S/c1-26-19(24)16(21)10-12-2-6-14(7-3-12)27-15-8-4-13(5-9-15)11-17-18(23)22-20(25)28-17/h2-9,11,16H,10,21H2,1H3,(H,22,23,25)/b17-11-/t16-/m0/s1. The Labute approximate surface area is 165 Å². The first-order chi connectivity index (χ1) is 13.4. The van der Waals surface area contributed by atoms with Gasteiger partial charge in [-0.05, 0) is 59.7 Å². The van der Waals surface area contributed by atoms with Gasteiger partial charge in [0.05, 0.1) is 12.0 Å². The van der Waals surface area contributed by atoms with Gasteiger partial charge in [-0.25, -0.2) is 0 Å². The lowest BCUT2D eigenvalue weighted by atomic mass is 10.1. The molecular formula is C20H18N2O5S. The average Bonchev–Trinajstić information content (AvgIpc) is 3.01. The zero-order valence-electron chi connectivity index (χ0n) is 15.0. The molecule has 0 aromatic heterocycles. The molecule has 1 saturated heterocycles. The highest BCUT2D eigenvalue weighted by molar-refractivity contribution is 8.18. The van der Waals surface area contributed by atoms with Crippen LogP contribution in [0.2, 0.25) is 0 Å². The van der Waals surface area contributed by atoms with E-state index in [1.165, 1.54) is 7.11 Å². The Morgan fingerprint density at radius 1 is 1.11 bits per heavy atom. The fourth-order valence-electron chi connectivity index (χ4n) is 2.52. The van der Waals surface area contributed by atoms with Crippen molar-refractivity contribution in [1.29, 1.82) is 0 Å². The SMILES string of the molecule is COC(=O)[C@@H](N)Cc1ccc(Oc2ccc(/C=C3\SC(=O)NC3=O)cc2)cc1. The van der Waals surface area contributed by atoms with Crippen molar-refractivity contribution in [2.45, 2.75) is 12.5 Å². The molecule has 0 bridgehead atoms. The smallest absolute Gasteiger partial charge is 0.322 e. The summed E-state index contributed by atoms with van der Waals surface area (Å²) >= 11 is 0.876. The molecule has 0 spiro atoms. The third-order valence-corrected chi connectivity index (χ3v) is 4.75. The number of hydrogen-bond donors (Lipinski definition) is 2. The first kappa shape index (κ1) is 19.7. The van der Waals surface area contributed by atoms with Crippen molar-refractivity contribution in [1.82, 2.24) is 5.32 Å². The molecule has 0 unspecified atom stereocenters. The Bertz CT molecular complexity index is 923. The van der Waals surface area contributed by atoms with Crippen LogP contribution in [0.1, 0.15) is 11.1 Å². The number of nitrogens with two attached hydrogens (primary N) is 1. The summed E-state index contributed by atoms with van der Waals surface area (Å²) in [4.78, 5) is 34.5. The second-order valence-corrected chi connectivity index (χ2v) is 7.02. The van der Waals surface area contributed by atoms with E-state index in [9.17, 15) is 14.4 Å². The summed E-state index contributed by atoms with van der Waals surface area (Å²) in [6, 6.07) is 13.7. The average molecular weight is 398 g/mol. The van der Waals surface area contributed by atoms with Crippen LogP contribution in [0.25, 0.3) is 6.08 Å². The van der Waals surface area contributed by atoms with Gasteiger partial charge in [0.2, 0.25) is 0 Å². The van der Waals surface area contributed by atoms with Gasteiger partial charge in [0.1, 0.15) is 17.5 Å².